The molecule has 10 heteroatoms. The normalized spacial score (nSPS) is 16.1. The number of anilines is 1. The van der Waals surface area contributed by atoms with Crippen molar-refractivity contribution in [1.82, 2.24) is 14.5 Å². The Labute approximate surface area is 183 Å². The Hall–Kier alpha value is -2.98. The number of amides is 3. The number of allylic oxidation sites excluding steroid dienone is 2. The van der Waals surface area contributed by atoms with Gasteiger partial charge in [0.25, 0.3) is 0 Å². The minimum atomic E-state index is -3.67. The second-order valence-electron chi connectivity index (χ2n) is 7.13. The first-order valence-corrected chi connectivity index (χ1v) is 11.4. The van der Waals surface area contributed by atoms with Crippen LogP contribution in [0.25, 0.3) is 0 Å². The molecule has 9 nitrogen and oxygen atoms in total. The first-order valence-electron chi connectivity index (χ1n) is 9.93. The standard InChI is InChI=1S/C21H29N5O4S/c1-17(6-4-11-22-3)16-23-21(28)24-19-7-9-20(10-8-19)31(29,30)26-13-5-12-25(14-15-26)18(2)27/h4,6-11H,3,5,12-16H2,1-2H3,(H2,23,24,28)/b11-4-,17-6+. The number of sulfonamides is 1. The van der Waals surface area contributed by atoms with Crippen molar-refractivity contribution in [3.8, 4) is 0 Å². The summed E-state index contributed by atoms with van der Waals surface area (Å²) in [7, 11) is -3.67. The number of carbonyl (C=O) groups is 2. The highest BCUT2D eigenvalue weighted by Gasteiger charge is 2.27. The molecule has 2 N–H and O–H groups in total. The van der Waals surface area contributed by atoms with E-state index in [2.05, 4.69) is 22.3 Å². The summed E-state index contributed by atoms with van der Waals surface area (Å²) >= 11 is 0. The summed E-state index contributed by atoms with van der Waals surface area (Å²) in [4.78, 5) is 29.0. The van der Waals surface area contributed by atoms with E-state index in [-0.39, 0.29) is 17.3 Å². The fourth-order valence-corrected chi connectivity index (χ4v) is 4.50. The lowest BCUT2D eigenvalue weighted by Crippen LogP contribution is -2.36. The molecule has 168 valence electrons. The van der Waals surface area contributed by atoms with E-state index in [1.54, 1.807) is 29.3 Å². The number of carbonyl (C=O) groups excluding carboxylic acids is 2. The number of aliphatic imine (C=N–C) groups is 1. The molecule has 0 spiro atoms. The molecule has 0 atom stereocenters. The lowest BCUT2D eigenvalue weighted by Gasteiger charge is -2.21. The molecule has 0 bridgehead atoms. The molecule has 1 saturated heterocycles. The van der Waals surface area contributed by atoms with Crippen LogP contribution in [0.2, 0.25) is 0 Å². The van der Waals surface area contributed by atoms with Crippen LogP contribution in [0.1, 0.15) is 20.3 Å². The molecule has 1 aromatic rings. The number of nitrogens with zero attached hydrogens (tertiary/aromatic N) is 3. The molecule has 1 aliphatic heterocycles. The van der Waals surface area contributed by atoms with E-state index in [1.165, 1.54) is 23.4 Å². The summed E-state index contributed by atoms with van der Waals surface area (Å²) in [5.74, 6) is -0.0520. The van der Waals surface area contributed by atoms with Gasteiger partial charge in [-0.15, -0.1) is 0 Å². The molecule has 0 unspecified atom stereocenters. The van der Waals surface area contributed by atoms with Crippen molar-refractivity contribution in [2.24, 2.45) is 4.99 Å². The lowest BCUT2D eigenvalue weighted by atomic mass is 10.3. The molecular formula is C21H29N5O4S. The van der Waals surface area contributed by atoms with Gasteiger partial charge < -0.3 is 15.5 Å². The average Bonchev–Trinajstić information content (AvgIpc) is 3.00. The molecule has 0 saturated carbocycles. The van der Waals surface area contributed by atoms with E-state index >= 15 is 0 Å². The monoisotopic (exact) mass is 447 g/mol. The van der Waals surface area contributed by atoms with Crippen molar-refractivity contribution in [3.05, 3.63) is 48.2 Å². The first kappa shape index (κ1) is 24.3. The van der Waals surface area contributed by atoms with Crippen molar-refractivity contribution in [2.75, 3.05) is 38.0 Å². The zero-order valence-electron chi connectivity index (χ0n) is 17.9. The van der Waals surface area contributed by atoms with Gasteiger partial charge in [0, 0.05) is 51.5 Å². The summed E-state index contributed by atoms with van der Waals surface area (Å²) in [6.45, 7) is 8.59. The number of hydrogen-bond acceptors (Lipinski definition) is 5. The van der Waals surface area contributed by atoms with Crippen LogP contribution in [0.3, 0.4) is 0 Å². The average molecular weight is 448 g/mol. The smallest absolute Gasteiger partial charge is 0.319 e. The zero-order valence-corrected chi connectivity index (χ0v) is 18.7. The Bertz CT molecular complexity index is 954. The van der Waals surface area contributed by atoms with Crippen molar-refractivity contribution < 1.29 is 18.0 Å². The van der Waals surface area contributed by atoms with Crippen LogP contribution in [-0.2, 0) is 14.8 Å². The van der Waals surface area contributed by atoms with E-state index in [1.807, 2.05) is 13.0 Å². The quantitative estimate of drug-likeness (QED) is 0.493. The molecular weight excluding hydrogens is 418 g/mol. The maximum absolute atomic E-state index is 12.9. The minimum absolute atomic E-state index is 0.0520. The molecule has 0 aromatic heterocycles. The molecule has 2 rings (SSSR count). The van der Waals surface area contributed by atoms with E-state index in [0.717, 1.165) is 5.57 Å². The van der Waals surface area contributed by atoms with Crippen LogP contribution in [0, 0.1) is 0 Å². The highest BCUT2D eigenvalue weighted by Crippen LogP contribution is 2.20. The van der Waals surface area contributed by atoms with Crippen LogP contribution in [0.4, 0.5) is 10.5 Å². The third-order valence-electron chi connectivity index (χ3n) is 4.75. The molecule has 3 amide bonds. The van der Waals surface area contributed by atoms with Gasteiger partial charge in [0.05, 0.1) is 4.90 Å². The van der Waals surface area contributed by atoms with Crippen LogP contribution in [0.15, 0.2) is 58.1 Å². The van der Waals surface area contributed by atoms with Gasteiger partial charge in [-0.2, -0.15) is 4.31 Å². The fraction of sp³-hybridized carbons (Fsp3) is 0.381. The summed E-state index contributed by atoms with van der Waals surface area (Å²) in [5.41, 5.74) is 1.41. The van der Waals surface area contributed by atoms with E-state index in [4.69, 9.17) is 0 Å². The second kappa shape index (κ2) is 11.4. The third-order valence-corrected chi connectivity index (χ3v) is 6.66. The van der Waals surface area contributed by atoms with Crippen molar-refractivity contribution in [2.45, 2.75) is 25.2 Å². The Balaban J connectivity index is 1.95. The Kier molecular flexibility index (Phi) is 8.95. The van der Waals surface area contributed by atoms with Crippen LogP contribution < -0.4 is 10.6 Å². The minimum Gasteiger partial charge on any atom is -0.342 e. The van der Waals surface area contributed by atoms with Crippen LogP contribution in [-0.4, -0.2) is 69.0 Å². The summed E-state index contributed by atoms with van der Waals surface area (Å²) in [6.07, 6.45) is 5.67. The topological polar surface area (TPSA) is 111 Å². The summed E-state index contributed by atoms with van der Waals surface area (Å²) < 4.78 is 27.3. The molecule has 1 fully saturated rings. The number of urea groups is 1. The molecule has 0 radical (unpaired) electrons. The Morgan fingerprint density at radius 2 is 1.84 bits per heavy atom. The molecule has 0 aliphatic carbocycles. The van der Waals surface area contributed by atoms with Gasteiger partial charge in [0.15, 0.2) is 0 Å². The van der Waals surface area contributed by atoms with E-state index in [0.29, 0.717) is 38.3 Å². The lowest BCUT2D eigenvalue weighted by molar-refractivity contribution is -0.128. The highest BCUT2D eigenvalue weighted by atomic mass is 32.2. The third kappa shape index (κ3) is 7.34. The molecule has 1 aromatic carbocycles. The van der Waals surface area contributed by atoms with Crippen LogP contribution in [0.5, 0.6) is 0 Å². The predicted molar refractivity (Wildman–Crippen MR) is 122 cm³/mol. The molecule has 1 aliphatic rings. The largest absolute Gasteiger partial charge is 0.342 e. The fourth-order valence-electron chi connectivity index (χ4n) is 3.03. The van der Waals surface area contributed by atoms with Gasteiger partial charge in [0.1, 0.15) is 0 Å². The number of nitrogens with one attached hydrogen (secondary N) is 2. The first-order chi connectivity index (χ1) is 14.7. The summed E-state index contributed by atoms with van der Waals surface area (Å²) in [5, 5.41) is 5.39. The van der Waals surface area contributed by atoms with Crippen molar-refractivity contribution >= 4 is 34.4 Å². The van der Waals surface area contributed by atoms with Gasteiger partial charge in [-0.05, 0) is 50.4 Å². The van der Waals surface area contributed by atoms with E-state index in [9.17, 15) is 18.0 Å². The summed E-state index contributed by atoms with van der Waals surface area (Å²) in [6, 6.07) is 5.64. The van der Waals surface area contributed by atoms with Gasteiger partial charge in [0.2, 0.25) is 15.9 Å². The van der Waals surface area contributed by atoms with Crippen LogP contribution >= 0.6 is 0 Å². The zero-order chi connectivity index (χ0) is 22.9. The number of rotatable bonds is 7. The van der Waals surface area contributed by atoms with Crippen molar-refractivity contribution in [3.63, 3.8) is 0 Å². The Morgan fingerprint density at radius 1 is 1.13 bits per heavy atom. The van der Waals surface area contributed by atoms with Gasteiger partial charge >= 0.3 is 6.03 Å². The second-order valence-corrected chi connectivity index (χ2v) is 9.07. The molecule has 1 heterocycles. The SMILES string of the molecule is C=N/C=C\C=C(/C)CNC(=O)Nc1ccc(S(=O)(=O)N2CCCN(C(C)=O)CC2)cc1. The number of benzene rings is 1. The molecule has 31 heavy (non-hydrogen) atoms. The van der Waals surface area contributed by atoms with Gasteiger partial charge in [-0.1, -0.05) is 11.6 Å². The van der Waals surface area contributed by atoms with E-state index < -0.39 is 16.1 Å². The number of hydrogen-bond donors (Lipinski definition) is 2. The predicted octanol–water partition coefficient (Wildman–Crippen LogP) is 2.21. The van der Waals surface area contributed by atoms with Gasteiger partial charge in [-0.25, -0.2) is 13.2 Å². The Morgan fingerprint density at radius 3 is 2.48 bits per heavy atom. The highest BCUT2D eigenvalue weighted by molar-refractivity contribution is 7.89. The van der Waals surface area contributed by atoms with Gasteiger partial charge in [-0.3, -0.25) is 9.79 Å². The maximum atomic E-state index is 12.9. The maximum Gasteiger partial charge on any atom is 0.319 e. The van der Waals surface area contributed by atoms with Crippen molar-refractivity contribution in [1.29, 1.82) is 0 Å².